The Morgan fingerprint density at radius 3 is 2.61 bits per heavy atom. The molecule has 4 rings (SSSR count). The minimum atomic E-state index is -4.50. The molecule has 0 aromatic heterocycles. The minimum absolute atomic E-state index is 0.129. The van der Waals surface area contributed by atoms with E-state index in [1.54, 1.807) is 0 Å². The zero-order valence-corrected chi connectivity index (χ0v) is 18.6. The molecule has 2 atom stereocenters. The van der Waals surface area contributed by atoms with E-state index in [4.69, 9.17) is 5.11 Å². The van der Waals surface area contributed by atoms with Crippen LogP contribution in [0, 0.1) is 5.92 Å². The lowest BCUT2D eigenvalue weighted by Gasteiger charge is -2.26. The molecule has 0 saturated carbocycles. The van der Waals surface area contributed by atoms with E-state index in [0.717, 1.165) is 29.5 Å². The van der Waals surface area contributed by atoms with Crippen molar-refractivity contribution in [2.75, 3.05) is 5.75 Å². The Morgan fingerprint density at radius 2 is 1.91 bits per heavy atom. The SMILES string of the molecule is O=C(O)CC1S/C(=N\N=C2/c3cc(C(F)(F)F)ccc3SCC2Cc2ccccc2)NC1=O. The number of amidine groups is 1. The molecule has 2 aliphatic heterocycles. The summed E-state index contributed by atoms with van der Waals surface area (Å²) in [6.45, 7) is 0. The molecule has 172 valence electrons. The molecular formula is C22H18F3N3O3S2. The molecule has 2 heterocycles. The number of rotatable bonds is 5. The van der Waals surface area contributed by atoms with E-state index >= 15 is 0 Å². The Balaban J connectivity index is 1.70. The van der Waals surface area contributed by atoms with Crippen molar-refractivity contribution in [3.05, 3.63) is 65.2 Å². The first-order chi connectivity index (χ1) is 15.7. The van der Waals surface area contributed by atoms with Crippen LogP contribution in [0.1, 0.15) is 23.1 Å². The molecule has 2 aromatic rings. The first-order valence-electron chi connectivity index (χ1n) is 9.94. The van der Waals surface area contributed by atoms with Gasteiger partial charge < -0.3 is 10.4 Å². The van der Waals surface area contributed by atoms with Crippen LogP contribution in [0.25, 0.3) is 0 Å². The van der Waals surface area contributed by atoms with Crippen molar-refractivity contribution in [3.8, 4) is 0 Å². The van der Waals surface area contributed by atoms with E-state index in [0.29, 0.717) is 28.3 Å². The second-order valence-electron chi connectivity index (χ2n) is 7.49. The Hall–Kier alpha value is -2.79. The summed E-state index contributed by atoms with van der Waals surface area (Å²) in [5, 5.41) is 19.1. The first kappa shape index (κ1) is 23.4. The van der Waals surface area contributed by atoms with Crippen LogP contribution < -0.4 is 5.32 Å². The third kappa shape index (κ3) is 5.59. The van der Waals surface area contributed by atoms with Crippen molar-refractivity contribution < 1.29 is 27.9 Å². The minimum Gasteiger partial charge on any atom is -0.481 e. The number of hydrogen-bond acceptors (Lipinski definition) is 6. The fraction of sp³-hybridized carbons (Fsp3) is 0.273. The van der Waals surface area contributed by atoms with Gasteiger partial charge in [0.25, 0.3) is 0 Å². The van der Waals surface area contributed by atoms with Crippen LogP contribution in [0.4, 0.5) is 13.2 Å². The number of amides is 1. The van der Waals surface area contributed by atoms with Gasteiger partial charge in [-0.2, -0.15) is 18.3 Å². The molecule has 0 aliphatic carbocycles. The number of benzene rings is 2. The maximum absolute atomic E-state index is 13.4. The number of hydrogen-bond donors (Lipinski definition) is 2. The second-order valence-corrected chi connectivity index (χ2v) is 9.74. The van der Waals surface area contributed by atoms with Gasteiger partial charge in [0.1, 0.15) is 5.25 Å². The van der Waals surface area contributed by atoms with E-state index in [2.05, 4.69) is 15.5 Å². The summed E-state index contributed by atoms with van der Waals surface area (Å²) in [5.41, 5.74) is 1.02. The van der Waals surface area contributed by atoms with Gasteiger partial charge in [0.05, 0.1) is 17.7 Å². The fourth-order valence-corrected chi connectivity index (χ4v) is 5.60. The molecule has 2 N–H and O–H groups in total. The highest BCUT2D eigenvalue weighted by Gasteiger charge is 2.35. The molecule has 33 heavy (non-hydrogen) atoms. The standard InChI is InChI=1S/C22H18F3N3O3S2/c23-22(24,25)14-6-7-16-15(9-14)19(13(11-32-16)8-12-4-2-1-3-5-12)27-28-21-26-20(31)17(33-21)10-18(29)30/h1-7,9,13,17H,8,10-11H2,(H,29,30)(H,26,28,31)/b27-19-. The lowest BCUT2D eigenvalue weighted by atomic mass is 9.90. The quantitative estimate of drug-likeness (QED) is 0.601. The molecule has 1 saturated heterocycles. The predicted molar refractivity (Wildman–Crippen MR) is 122 cm³/mol. The summed E-state index contributed by atoms with van der Waals surface area (Å²) in [4.78, 5) is 23.6. The van der Waals surface area contributed by atoms with Crippen molar-refractivity contribution >= 4 is 46.3 Å². The van der Waals surface area contributed by atoms with Gasteiger partial charge in [-0.3, -0.25) is 9.59 Å². The number of carboxylic acid groups (broad SMARTS) is 1. The summed E-state index contributed by atoms with van der Waals surface area (Å²) < 4.78 is 40.1. The zero-order valence-electron chi connectivity index (χ0n) is 17.0. The Kier molecular flexibility index (Phi) is 6.80. The van der Waals surface area contributed by atoms with Gasteiger partial charge in [0.2, 0.25) is 5.91 Å². The third-order valence-corrected chi connectivity index (χ3v) is 7.43. The average Bonchev–Trinajstić information content (AvgIpc) is 3.11. The normalized spacial score (nSPS) is 22.9. The molecule has 0 spiro atoms. The van der Waals surface area contributed by atoms with Crippen molar-refractivity contribution in [1.29, 1.82) is 0 Å². The van der Waals surface area contributed by atoms with Crippen LogP contribution in [0.15, 0.2) is 63.6 Å². The molecule has 1 fully saturated rings. The van der Waals surface area contributed by atoms with Gasteiger partial charge in [-0.05, 0) is 30.2 Å². The topological polar surface area (TPSA) is 91.1 Å². The molecule has 2 aromatic carbocycles. The number of fused-ring (bicyclic) bond motifs is 1. The zero-order chi connectivity index (χ0) is 23.6. The Bertz CT molecular complexity index is 1140. The van der Waals surface area contributed by atoms with E-state index in [1.165, 1.54) is 17.8 Å². The summed E-state index contributed by atoms with van der Waals surface area (Å²) in [5.74, 6) is -1.19. The second kappa shape index (κ2) is 9.60. The number of carboxylic acids is 1. The Labute approximate surface area is 195 Å². The summed E-state index contributed by atoms with van der Waals surface area (Å²) >= 11 is 2.41. The lowest BCUT2D eigenvalue weighted by Crippen LogP contribution is -2.27. The fourth-order valence-electron chi connectivity index (χ4n) is 3.56. The number of nitrogens with zero attached hydrogens (tertiary/aromatic N) is 2. The molecule has 2 unspecified atom stereocenters. The summed E-state index contributed by atoms with van der Waals surface area (Å²) in [6.07, 6.45) is -4.30. The molecule has 0 bridgehead atoms. The first-order valence-corrected chi connectivity index (χ1v) is 11.8. The largest absolute Gasteiger partial charge is 0.481 e. The van der Waals surface area contributed by atoms with E-state index in [-0.39, 0.29) is 17.5 Å². The van der Waals surface area contributed by atoms with Crippen molar-refractivity contribution in [2.24, 2.45) is 16.1 Å². The maximum Gasteiger partial charge on any atom is 0.416 e. The average molecular weight is 494 g/mol. The van der Waals surface area contributed by atoms with E-state index in [1.807, 2.05) is 30.3 Å². The summed E-state index contributed by atoms with van der Waals surface area (Å²) in [6, 6.07) is 13.1. The van der Waals surface area contributed by atoms with Gasteiger partial charge in [-0.1, -0.05) is 42.1 Å². The van der Waals surface area contributed by atoms with Crippen molar-refractivity contribution in [2.45, 2.75) is 29.2 Å². The van der Waals surface area contributed by atoms with Crippen LogP contribution in [-0.2, 0) is 22.2 Å². The number of carbonyl (C=O) groups is 2. The number of nitrogens with one attached hydrogen (secondary N) is 1. The van der Waals surface area contributed by atoms with Gasteiger partial charge in [-0.15, -0.1) is 16.9 Å². The highest BCUT2D eigenvalue weighted by molar-refractivity contribution is 8.15. The van der Waals surface area contributed by atoms with Gasteiger partial charge in [0, 0.05) is 22.1 Å². The number of halogens is 3. The smallest absolute Gasteiger partial charge is 0.416 e. The van der Waals surface area contributed by atoms with Crippen molar-refractivity contribution in [3.63, 3.8) is 0 Å². The molecule has 1 amide bonds. The highest BCUT2D eigenvalue weighted by atomic mass is 32.2. The number of aliphatic carboxylic acids is 1. The van der Waals surface area contributed by atoms with Crippen LogP contribution in [0.3, 0.4) is 0 Å². The number of thioether (sulfide) groups is 2. The van der Waals surface area contributed by atoms with Gasteiger partial charge >= 0.3 is 12.1 Å². The molecule has 0 radical (unpaired) electrons. The monoisotopic (exact) mass is 493 g/mol. The summed E-state index contributed by atoms with van der Waals surface area (Å²) in [7, 11) is 0. The van der Waals surface area contributed by atoms with E-state index < -0.39 is 28.9 Å². The Morgan fingerprint density at radius 1 is 1.15 bits per heavy atom. The highest BCUT2D eigenvalue weighted by Crippen LogP contribution is 2.39. The molecule has 11 heteroatoms. The number of alkyl halides is 3. The molecule has 2 aliphatic rings. The number of carbonyl (C=O) groups excluding carboxylic acids is 1. The predicted octanol–water partition coefficient (Wildman–Crippen LogP) is 4.44. The van der Waals surface area contributed by atoms with Crippen LogP contribution >= 0.6 is 23.5 Å². The lowest BCUT2D eigenvalue weighted by molar-refractivity contribution is -0.138. The van der Waals surface area contributed by atoms with Gasteiger partial charge in [-0.25, -0.2) is 0 Å². The van der Waals surface area contributed by atoms with E-state index in [9.17, 15) is 22.8 Å². The third-order valence-electron chi connectivity index (χ3n) is 5.12. The van der Waals surface area contributed by atoms with Crippen LogP contribution in [0.5, 0.6) is 0 Å². The van der Waals surface area contributed by atoms with Gasteiger partial charge in [0.15, 0.2) is 5.17 Å². The molecule has 6 nitrogen and oxygen atoms in total. The maximum atomic E-state index is 13.4. The molecular weight excluding hydrogens is 475 g/mol. The van der Waals surface area contributed by atoms with Crippen molar-refractivity contribution in [1.82, 2.24) is 5.32 Å². The van der Waals surface area contributed by atoms with Crippen LogP contribution in [0.2, 0.25) is 0 Å². The van der Waals surface area contributed by atoms with Crippen LogP contribution in [-0.4, -0.2) is 38.9 Å².